The number of hydrogen-bond donors (Lipinski definition) is 3. The zero-order valence-corrected chi connectivity index (χ0v) is 19.5. The van der Waals surface area contributed by atoms with Gasteiger partial charge in [-0.15, -0.1) is 0 Å². The predicted molar refractivity (Wildman–Crippen MR) is 127 cm³/mol. The van der Waals surface area contributed by atoms with Crippen molar-refractivity contribution in [3.63, 3.8) is 0 Å². The summed E-state index contributed by atoms with van der Waals surface area (Å²) >= 11 is 6.41. The Hall–Kier alpha value is -3.20. The summed E-state index contributed by atoms with van der Waals surface area (Å²) in [6.07, 6.45) is 0.294. The Morgan fingerprint density at radius 3 is 2.44 bits per heavy atom. The number of halogens is 3. The van der Waals surface area contributed by atoms with E-state index in [0.29, 0.717) is 24.3 Å². The Balaban J connectivity index is 2.33. The lowest BCUT2D eigenvalue weighted by Gasteiger charge is -2.21. The molecule has 0 spiro atoms. The fourth-order valence-corrected chi connectivity index (χ4v) is 3.76. The average Bonchev–Trinajstić information content (AvgIpc) is 2.85. The van der Waals surface area contributed by atoms with E-state index in [4.69, 9.17) is 26.2 Å². The van der Waals surface area contributed by atoms with Gasteiger partial charge in [-0.05, 0) is 44.3 Å². The number of nitrogens with one attached hydrogen (secondary N) is 2. The molecule has 3 aromatic carbocycles. The molecule has 1 amide bonds. The van der Waals surface area contributed by atoms with E-state index in [1.807, 2.05) is 6.07 Å². The SMILES string of the molecule is CNCCc1c(Oc2ccccc2)cc(F)c(Cl)c1-c1c(C(=O)NC)ccc(OCCO)c1F. The van der Waals surface area contributed by atoms with E-state index in [-0.39, 0.29) is 46.4 Å². The van der Waals surface area contributed by atoms with E-state index >= 15 is 8.78 Å². The van der Waals surface area contributed by atoms with Crippen molar-refractivity contribution in [3.8, 4) is 28.4 Å². The molecule has 0 fully saturated rings. The second kappa shape index (κ2) is 11.8. The van der Waals surface area contributed by atoms with Gasteiger partial charge in [0.25, 0.3) is 5.91 Å². The van der Waals surface area contributed by atoms with Crippen molar-refractivity contribution in [2.45, 2.75) is 6.42 Å². The summed E-state index contributed by atoms with van der Waals surface area (Å²) in [5.74, 6) is -1.94. The van der Waals surface area contributed by atoms with Crippen molar-refractivity contribution in [2.75, 3.05) is 33.9 Å². The Kier molecular flexibility index (Phi) is 8.81. The van der Waals surface area contributed by atoms with Crippen LogP contribution in [0.4, 0.5) is 8.78 Å². The molecular weight excluding hydrogens is 466 g/mol. The molecule has 0 heterocycles. The van der Waals surface area contributed by atoms with Crippen LogP contribution in [-0.4, -0.2) is 44.9 Å². The highest BCUT2D eigenvalue weighted by atomic mass is 35.5. The van der Waals surface area contributed by atoms with Crippen LogP contribution >= 0.6 is 11.6 Å². The predicted octanol–water partition coefficient (Wildman–Crippen LogP) is 4.57. The minimum absolute atomic E-state index is 0.00611. The molecule has 0 atom stereocenters. The van der Waals surface area contributed by atoms with Gasteiger partial charge in [0.1, 0.15) is 23.9 Å². The third-order valence-corrected chi connectivity index (χ3v) is 5.43. The summed E-state index contributed by atoms with van der Waals surface area (Å²) in [7, 11) is 3.14. The molecule has 0 aliphatic carbocycles. The van der Waals surface area contributed by atoms with E-state index in [9.17, 15) is 4.79 Å². The van der Waals surface area contributed by atoms with Crippen LogP contribution in [0.1, 0.15) is 15.9 Å². The molecule has 180 valence electrons. The topological polar surface area (TPSA) is 79.8 Å². The molecular formula is C25H25ClF2N2O4. The lowest BCUT2D eigenvalue weighted by Crippen LogP contribution is -2.20. The number of aliphatic hydroxyl groups is 1. The van der Waals surface area contributed by atoms with Gasteiger partial charge in [0.2, 0.25) is 0 Å². The molecule has 0 saturated carbocycles. The van der Waals surface area contributed by atoms with E-state index in [2.05, 4.69) is 10.6 Å². The van der Waals surface area contributed by atoms with Crippen molar-refractivity contribution in [1.29, 1.82) is 0 Å². The minimum atomic E-state index is -0.904. The van der Waals surface area contributed by atoms with Gasteiger partial charge in [0.15, 0.2) is 11.6 Å². The molecule has 3 rings (SSSR count). The first kappa shape index (κ1) is 25.4. The number of likely N-dealkylation sites (N-methyl/N-ethyl adjacent to an activating group) is 1. The zero-order valence-electron chi connectivity index (χ0n) is 18.8. The summed E-state index contributed by atoms with van der Waals surface area (Å²) in [4.78, 5) is 12.6. The molecule has 3 aromatic rings. The minimum Gasteiger partial charge on any atom is -0.488 e. The smallest absolute Gasteiger partial charge is 0.251 e. The molecule has 3 N–H and O–H groups in total. The third kappa shape index (κ3) is 5.47. The van der Waals surface area contributed by atoms with E-state index in [1.165, 1.54) is 19.2 Å². The quantitative estimate of drug-likeness (QED) is 0.388. The number of aliphatic hydroxyl groups excluding tert-OH is 1. The van der Waals surface area contributed by atoms with Gasteiger partial charge >= 0.3 is 0 Å². The Morgan fingerprint density at radius 2 is 1.79 bits per heavy atom. The Labute approximate surface area is 201 Å². The van der Waals surface area contributed by atoms with Crippen molar-refractivity contribution >= 4 is 17.5 Å². The number of amides is 1. The number of benzene rings is 3. The van der Waals surface area contributed by atoms with Crippen LogP contribution < -0.4 is 20.1 Å². The largest absolute Gasteiger partial charge is 0.488 e. The van der Waals surface area contributed by atoms with Crippen LogP contribution in [-0.2, 0) is 6.42 Å². The number of para-hydroxylation sites is 1. The molecule has 9 heteroatoms. The van der Waals surface area contributed by atoms with E-state index in [0.717, 1.165) is 6.07 Å². The van der Waals surface area contributed by atoms with Crippen LogP contribution in [0.3, 0.4) is 0 Å². The van der Waals surface area contributed by atoms with Crippen molar-refractivity contribution < 1.29 is 28.2 Å². The highest BCUT2D eigenvalue weighted by Crippen LogP contribution is 2.44. The molecule has 0 aliphatic heterocycles. The number of ether oxygens (including phenoxy) is 2. The monoisotopic (exact) mass is 490 g/mol. The molecule has 0 bridgehead atoms. The van der Waals surface area contributed by atoms with Gasteiger partial charge in [-0.2, -0.15) is 0 Å². The fourth-order valence-electron chi connectivity index (χ4n) is 3.50. The number of carbonyl (C=O) groups is 1. The number of carbonyl (C=O) groups excluding carboxylic acids is 1. The van der Waals surface area contributed by atoms with Crippen molar-refractivity contribution in [2.24, 2.45) is 0 Å². The van der Waals surface area contributed by atoms with Gasteiger partial charge in [-0.3, -0.25) is 4.79 Å². The van der Waals surface area contributed by atoms with Crippen molar-refractivity contribution in [3.05, 3.63) is 76.3 Å². The summed E-state index contributed by atoms with van der Waals surface area (Å²) in [5.41, 5.74) is 0.130. The maximum atomic E-state index is 15.8. The fraction of sp³-hybridized carbons (Fsp3) is 0.240. The molecule has 0 aliphatic rings. The van der Waals surface area contributed by atoms with E-state index < -0.39 is 17.5 Å². The van der Waals surface area contributed by atoms with E-state index in [1.54, 1.807) is 31.3 Å². The summed E-state index contributed by atoms with van der Waals surface area (Å²) in [6, 6.07) is 12.5. The first-order valence-electron chi connectivity index (χ1n) is 10.6. The standard InChI is InChI=1S/C25H25ClF2N2O4/c1-29-11-10-16-20(34-15-6-4-3-5-7-15)14-18(27)23(26)21(16)22-17(25(32)30-2)8-9-19(24(22)28)33-13-12-31/h3-9,14,29,31H,10-13H2,1-2H3,(H,30,32). The third-order valence-electron chi connectivity index (χ3n) is 5.06. The number of rotatable bonds is 10. The van der Waals surface area contributed by atoms with Crippen LogP contribution in [0.5, 0.6) is 17.2 Å². The summed E-state index contributed by atoms with van der Waals surface area (Å²) in [5, 5.41) is 14.2. The maximum Gasteiger partial charge on any atom is 0.251 e. The van der Waals surface area contributed by atoms with Gasteiger partial charge < -0.3 is 25.2 Å². The molecule has 6 nitrogen and oxygen atoms in total. The van der Waals surface area contributed by atoms with Gasteiger partial charge in [0, 0.05) is 29.8 Å². The Morgan fingerprint density at radius 1 is 1.06 bits per heavy atom. The van der Waals surface area contributed by atoms with Gasteiger partial charge in [-0.1, -0.05) is 29.8 Å². The highest BCUT2D eigenvalue weighted by molar-refractivity contribution is 6.34. The second-order valence-corrected chi connectivity index (χ2v) is 7.62. The van der Waals surface area contributed by atoms with Crippen LogP contribution in [0.15, 0.2) is 48.5 Å². The van der Waals surface area contributed by atoms with Crippen LogP contribution in [0.2, 0.25) is 5.02 Å². The molecule has 0 aromatic heterocycles. The summed E-state index contributed by atoms with van der Waals surface area (Å²) in [6.45, 7) is -0.0611. The molecule has 34 heavy (non-hydrogen) atoms. The normalized spacial score (nSPS) is 10.8. The molecule has 0 radical (unpaired) electrons. The van der Waals surface area contributed by atoms with Crippen molar-refractivity contribution in [1.82, 2.24) is 10.6 Å². The Bertz CT molecular complexity index is 1160. The first-order chi connectivity index (χ1) is 16.4. The van der Waals surface area contributed by atoms with Gasteiger partial charge in [0.05, 0.1) is 17.2 Å². The molecule has 0 saturated heterocycles. The highest BCUT2D eigenvalue weighted by Gasteiger charge is 2.28. The lowest BCUT2D eigenvalue weighted by molar-refractivity contribution is 0.0963. The van der Waals surface area contributed by atoms with Gasteiger partial charge in [-0.25, -0.2) is 8.78 Å². The first-order valence-corrected chi connectivity index (χ1v) is 11.0. The van der Waals surface area contributed by atoms with Crippen LogP contribution in [0.25, 0.3) is 11.1 Å². The van der Waals surface area contributed by atoms with Crippen LogP contribution in [0, 0.1) is 11.6 Å². The number of hydrogen-bond acceptors (Lipinski definition) is 5. The lowest BCUT2D eigenvalue weighted by atomic mass is 9.91. The second-order valence-electron chi connectivity index (χ2n) is 7.24. The summed E-state index contributed by atoms with van der Waals surface area (Å²) < 4.78 is 42.1. The molecule has 0 unspecified atom stereocenters. The average molecular weight is 491 g/mol. The maximum absolute atomic E-state index is 15.8. The zero-order chi connectivity index (χ0) is 24.7.